The minimum atomic E-state index is -4.34. The molecule has 0 atom stereocenters. The molecule has 4 heterocycles. The molecule has 2 aliphatic rings. The van der Waals surface area contributed by atoms with Crippen LogP contribution >= 0.6 is 0 Å². The summed E-state index contributed by atoms with van der Waals surface area (Å²) in [7, 11) is 0. The topological polar surface area (TPSA) is 81.8 Å². The predicted octanol–water partition coefficient (Wildman–Crippen LogP) is 5.65. The quantitative estimate of drug-likeness (QED) is 0.438. The first-order valence-corrected chi connectivity index (χ1v) is 14.0. The van der Waals surface area contributed by atoms with Crippen molar-refractivity contribution in [3.63, 3.8) is 0 Å². The van der Waals surface area contributed by atoms with Crippen LogP contribution in [-0.4, -0.2) is 81.5 Å². The van der Waals surface area contributed by atoms with Crippen molar-refractivity contribution in [2.24, 2.45) is 0 Å². The number of nitrogens with zero attached hydrogens (tertiary/aromatic N) is 4. The number of ether oxygens (including phenoxy) is 1. The fraction of sp³-hybridized carbons (Fsp3) is 0.500. The van der Waals surface area contributed by atoms with Crippen LogP contribution < -0.4 is 0 Å². The van der Waals surface area contributed by atoms with Gasteiger partial charge in [0.1, 0.15) is 11.3 Å². The Morgan fingerprint density at radius 2 is 1.61 bits per heavy atom. The number of hydrogen-bond acceptors (Lipinski definition) is 5. The van der Waals surface area contributed by atoms with Gasteiger partial charge in [-0.1, -0.05) is 12.1 Å². The number of piperazine rings is 1. The Labute approximate surface area is 237 Å². The third kappa shape index (κ3) is 7.01. The van der Waals surface area contributed by atoms with E-state index in [1.807, 2.05) is 32.9 Å². The number of halogens is 3. The van der Waals surface area contributed by atoms with Gasteiger partial charge in [-0.15, -0.1) is 0 Å². The molecule has 0 saturated carbocycles. The highest BCUT2D eigenvalue weighted by Crippen LogP contribution is 2.31. The summed E-state index contributed by atoms with van der Waals surface area (Å²) in [6.07, 6.45) is -1.26. The second-order valence-corrected chi connectivity index (χ2v) is 11.9. The summed E-state index contributed by atoms with van der Waals surface area (Å²) in [5.41, 5.74) is 1.90. The van der Waals surface area contributed by atoms with E-state index < -0.39 is 17.3 Å². The molecule has 2 aromatic heterocycles. The van der Waals surface area contributed by atoms with Gasteiger partial charge in [0.25, 0.3) is 5.91 Å². The summed E-state index contributed by atoms with van der Waals surface area (Å²) in [5.74, 6) is 0.146. The van der Waals surface area contributed by atoms with E-state index in [0.717, 1.165) is 47.1 Å². The van der Waals surface area contributed by atoms with Crippen LogP contribution in [0.15, 0.2) is 42.6 Å². The smallest absolute Gasteiger partial charge is 0.416 e. The van der Waals surface area contributed by atoms with Gasteiger partial charge in [-0.05, 0) is 63.4 Å². The molecule has 220 valence electrons. The summed E-state index contributed by atoms with van der Waals surface area (Å²) in [5, 5.41) is 0.925. The van der Waals surface area contributed by atoms with E-state index in [9.17, 15) is 22.8 Å². The van der Waals surface area contributed by atoms with Crippen LogP contribution in [0.3, 0.4) is 0 Å². The maximum atomic E-state index is 13.3. The van der Waals surface area contributed by atoms with E-state index >= 15 is 0 Å². The molecule has 8 nitrogen and oxygen atoms in total. The SMILES string of the molecule is CC(C)(C)OC(=O)N1CCC(c2cc3cc(C(=O)N4CCN(Cc5ccc(C(F)(F)F)cc5)CC4)[nH]c3cn2)CC1. The number of aromatic nitrogens is 2. The van der Waals surface area contributed by atoms with Gasteiger partial charge < -0.3 is 19.5 Å². The Balaban J connectivity index is 1.15. The van der Waals surface area contributed by atoms with Crippen LogP contribution in [0, 0.1) is 0 Å². The third-order valence-electron chi connectivity index (χ3n) is 7.67. The summed E-state index contributed by atoms with van der Waals surface area (Å²) in [4.78, 5) is 39.2. The third-order valence-corrected chi connectivity index (χ3v) is 7.67. The van der Waals surface area contributed by atoms with Gasteiger partial charge in [-0.25, -0.2) is 4.79 Å². The zero-order valence-electron chi connectivity index (χ0n) is 23.6. The number of aromatic amines is 1. The van der Waals surface area contributed by atoms with Crippen molar-refractivity contribution in [3.8, 4) is 0 Å². The normalized spacial score (nSPS) is 17.7. The molecular formula is C30H36F3N5O3. The van der Waals surface area contributed by atoms with Gasteiger partial charge in [0.15, 0.2) is 0 Å². The van der Waals surface area contributed by atoms with Gasteiger partial charge in [0, 0.05) is 62.8 Å². The monoisotopic (exact) mass is 571 g/mol. The van der Waals surface area contributed by atoms with Crippen molar-refractivity contribution in [3.05, 3.63) is 65.1 Å². The summed E-state index contributed by atoms with van der Waals surface area (Å²) in [6.45, 7) is 9.70. The van der Waals surface area contributed by atoms with Crippen molar-refractivity contribution in [2.75, 3.05) is 39.3 Å². The van der Waals surface area contributed by atoms with Gasteiger partial charge in [-0.2, -0.15) is 13.2 Å². The highest BCUT2D eigenvalue weighted by molar-refractivity contribution is 5.98. The first-order valence-electron chi connectivity index (χ1n) is 14.0. The van der Waals surface area contributed by atoms with E-state index in [1.54, 1.807) is 16.0 Å². The average molecular weight is 572 g/mol. The standard InChI is InChI=1S/C30H36F3N5O3/c1-29(2,3)41-28(40)38-10-8-21(9-11-38)24-16-22-17-25(35-26(22)18-34-24)27(39)37-14-12-36(13-15-37)19-20-4-6-23(7-5-20)30(31,32)33/h4-7,16-18,21,35H,8-15,19H2,1-3H3. The van der Waals surface area contributed by atoms with Gasteiger partial charge in [0.05, 0.1) is 17.3 Å². The maximum absolute atomic E-state index is 13.3. The maximum Gasteiger partial charge on any atom is 0.416 e. The van der Waals surface area contributed by atoms with Crippen LogP contribution in [0.5, 0.6) is 0 Å². The molecule has 2 amide bonds. The van der Waals surface area contributed by atoms with Crippen molar-refractivity contribution >= 4 is 22.9 Å². The molecule has 0 spiro atoms. The second-order valence-electron chi connectivity index (χ2n) is 11.9. The molecule has 2 aliphatic heterocycles. The van der Waals surface area contributed by atoms with Crippen LogP contribution in [-0.2, 0) is 17.5 Å². The summed E-state index contributed by atoms with van der Waals surface area (Å²) in [6, 6.07) is 9.14. The molecular weight excluding hydrogens is 535 g/mol. The number of amides is 2. The fourth-order valence-electron chi connectivity index (χ4n) is 5.41. The van der Waals surface area contributed by atoms with Crippen LogP contribution in [0.25, 0.3) is 10.9 Å². The lowest BCUT2D eigenvalue weighted by Gasteiger charge is -2.34. The molecule has 0 radical (unpaired) electrons. The number of hydrogen-bond donors (Lipinski definition) is 1. The number of likely N-dealkylation sites (tertiary alicyclic amines) is 1. The highest BCUT2D eigenvalue weighted by Gasteiger charge is 2.31. The van der Waals surface area contributed by atoms with Crippen molar-refractivity contribution in [1.82, 2.24) is 24.7 Å². The molecule has 0 bridgehead atoms. The number of fused-ring (bicyclic) bond motifs is 1. The first kappa shape index (κ1) is 28.9. The Bertz CT molecular complexity index is 1380. The number of H-pyrrole nitrogens is 1. The Hall–Kier alpha value is -3.60. The van der Waals surface area contributed by atoms with Crippen LogP contribution in [0.1, 0.15) is 66.8 Å². The van der Waals surface area contributed by atoms with E-state index in [0.29, 0.717) is 51.5 Å². The lowest BCUT2D eigenvalue weighted by molar-refractivity contribution is -0.137. The lowest BCUT2D eigenvalue weighted by Crippen LogP contribution is -2.48. The minimum absolute atomic E-state index is 0.0809. The van der Waals surface area contributed by atoms with Crippen molar-refractivity contribution < 1.29 is 27.5 Å². The number of pyridine rings is 1. The molecule has 1 aromatic carbocycles. The number of carbonyl (C=O) groups is 2. The number of benzene rings is 1. The lowest BCUT2D eigenvalue weighted by atomic mass is 9.93. The van der Waals surface area contributed by atoms with Gasteiger partial charge in [-0.3, -0.25) is 14.7 Å². The molecule has 41 heavy (non-hydrogen) atoms. The van der Waals surface area contributed by atoms with E-state index in [4.69, 9.17) is 4.74 Å². The average Bonchev–Trinajstić information content (AvgIpc) is 3.36. The molecule has 3 aromatic rings. The number of rotatable bonds is 4. The first-order chi connectivity index (χ1) is 19.4. The molecule has 2 fully saturated rings. The minimum Gasteiger partial charge on any atom is -0.444 e. The Morgan fingerprint density at radius 3 is 2.22 bits per heavy atom. The molecule has 0 unspecified atom stereocenters. The highest BCUT2D eigenvalue weighted by atomic mass is 19.4. The second kappa shape index (κ2) is 11.3. The van der Waals surface area contributed by atoms with E-state index in [1.165, 1.54) is 12.1 Å². The number of piperidine rings is 1. The largest absolute Gasteiger partial charge is 0.444 e. The predicted molar refractivity (Wildman–Crippen MR) is 149 cm³/mol. The molecule has 1 N–H and O–H groups in total. The Morgan fingerprint density at radius 1 is 0.951 bits per heavy atom. The molecule has 5 rings (SSSR count). The zero-order chi connectivity index (χ0) is 29.4. The summed E-state index contributed by atoms with van der Waals surface area (Å²) < 4.78 is 43.9. The molecule has 2 saturated heterocycles. The number of alkyl halides is 3. The van der Waals surface area contributed by atoms with Crippen LogP contribution in [0.4, 0.5) is 18.0 Å². The zero-order valence-corrected chi connectivity index (χ0v) is 23.6. The van der Waals surface area contributed by atoms with Crippen molar-refractivity contribution in [2.45, 2.75) is 57.9 Å². The molecule has 11 heteroatoms. The fourth-order valence-corrected chi connectivity index (χ4v) is 5.41. The van der Waals surface area contributed by atoms with Crippen molar-refractivity contribution in [1.29, 1.82) is 0 Å². The van der Waals surface area contributed by atoms with Crippen LogP contribution in [0.2, 0.25) is 0 Å². The van der Waals surface area contributed by atoms with Gasteiger partial charge in [0.2, 0.25) is 0 Å². The molecule has 0 aliphatic carbocycles. The Kier molecular flexibility index (Phi) is 8.00. The number of carbonyl (C=O) groups excluding carboxylic acids is 2. The van der Waals surface area contributed by atoms with E-state index in [-0.39, 0.29) is 17.9 Å². The summed E-state index contributed by atoms with van der Waals surface area (Å²) >= 11 is 0. The number of nitrogens with one attached hydrogen (secondary N) is 1. The van der Waals surface area contributed by atoms with E-state index in [2.05, 4.69) is 14.9 Å². The van der Waals surface area contributed by atoms with Gasteiger partial charge >= 0.3 is 12.3 Å².